The van der Waals surface area contributed by atoms with E-state index in [9.17, 15) is 4.79 Å². The molecule has 0 saturated carbocycles. The van der Waals surface area contributed by atoms with Gasteiger partial charge in [0.2, 0.25) is 0 Å². The predicted octanol–water partition coefficient (Wildman–Crippen LogP) is 2.74. The summed E-state index contributed by atoms with van der Waals surface area (Å²) in [4.78, 5) is 13.1. The van der Waals surface area contributed by atoms with E-state index in [0.717, 1.165) is 23.8 Å². The number of aryl methyl sites for hydroxylation is 2. The van der Waals surface area contributed by atoms with Gasteiger partial charge in [-0.3, -0.25) is 4.79 Å². The van der Waals surface area contributed by atoms with Gasteiger partial charge in [0.15, 0.2) is 6.29 Å². The standard InChI is InChI=1S/C9H12OS/c1-4-9-8(5-10)6(2)7(3)11-9/h5H,4H2,1-3H3. The van der Waals surface area contributed by atoms with E-state index in [1.165, 1.54) is 9.75 Å². The van der Waals surface area contributed by atoms with Crippen LogP contribution in [0.1, 0.15) is 32.6 Å². The summed E-state index contributed by atoms with van der Waals surface area (Å²) in [7, 11) is 0. The first-order valence-electron chi connectivity index (χ1n) is 3.74. The molecule has 2 heteroatoms. The highest BCUT2D eigenvalue weighted by Gasteiger charge is 2.08. The maximum atomic E-state index is 10.6. The fraction of sp³-hybridized carbons (Fsp3) is 0.444. The average Bonchev–Trinajstić information content (AvgIpc) is 2.28. The molecule has 0 bridgehead atoms. The van der Waals surface area contributed by atoms with Gasteiger partial charge in [-0.05, 0) is 25.8 Å². The lowest BCUT2D eigenvalue weighted by Gasteiger charge is -1.91. The zero-order valence-electron chi connectivity index (χ0n) is 7.10. The Morgan fingerprint density at radius 1 is 1.45 bits per heavy atom. The molecule has 0 amide bonds. The van der Waals surface area contributed by atoms with Crippen molar-refractivity contribution in [3.8, 4) is 0 Å². The van der Waals surface area contributed by atoms with E-state index in [0.29, 0.717) is 0 Å². The summed E-state index contributed by atoms with van der Waals surface area (Å²) >= 11 is 1.73. The molecular weight excluding hydrogens is 156 g/mol. The molecule has 0 aromatic carbocycles. The highest BCUT2D eigenvalue weighted by atomic mass is 32.1. The molecule has 0 aliphatic carbocycles. The smallest absolute Gasteiger partial charge is 0.151 e. The molecule has 60 valence electrons. The van der Waals surface area contributed by atoms with Gasteiger partial charge >= 0.3 is 0 Å². The number of aldehydes is 1. The van der Waals surface area contributed by atoms with Crippen molar-refractivity contribution in [1.82, 2.24) is 0 Å². The average molecular weight is 168 g/mol. The number of carbonyl (C=O) groups is 1. The molecule has 0 aliphatic heterocycles. The van der Waals surface area contributed by atoms with Gasteiger partial charge in [0, 0.05) is 15.3 Å². The third-order valence-electron chi connectivity index (χ3n) is 1.95. The fourth-order valence-corrected chi connectivity index (χ4v) is 2.22. The minimum Gasteiger partial charge on any atom is -0.298 e. The molecule has 1 aromatic heterocycles. The SMILES string of the molecule is CCc1sc(C)c(C)c1C=O. The lowest BCUT2D eigenvalue weighted by Crippen LogP contribution is -1.85. The van der Waals surface area contributed by atoms with Crippen LogP contribution in [0, 0.1) is 13.8 Å². The molecule has 11 heavy (non-hydrogen) atoms. The van der Waals surface area contributed by atoms with E-state index < -0.39 is 0 Å². The minimum absolute atomic E-state index is 0.912. The van der Waals surface area contributed by atoms with Gasteiger partial charge < -0.3 is 0 Å². The van der Waals surface area contributed by atoms with Crippen LogP contribution in [0.4, 0.5) is 0 Å². The first-order valence-corrected chi connectivity index (χ1v) is 4.56. The zero-order valence-corrected chi connectivity index (χ0v) is 7.92. The highest BCUT2D eigenvalue weighted by Crippen LogP contribution is 2.25. The zero-order chi connectivity index (χ0) is 8.43. The lowest BCUT2D eigenvalue weighted by molar-refractivity contribution is 0.112. The molecular formula is C9H12OS. The van der Waals surface area contributed by atoms with Crippen molar-refractivity contribution in [2.75, 3.05) is 0 Å². The third-order valence-corrected chi connectivity index (χ3v) is 3.32. The van der Waals surface area contributed by atoms with Crippen LogP contribution in [0.15, 0.2) is 0 Å². The minimum atomic E-state index is 0.912. The van der Waals surface area contributed by atoms with Gasteiger partial charge in [0.05, 0.1) is 0 Å². The number of hydrogen-bond acceptors (Lipinski definition) is 2. The summed E-state index contributed by atoms with van der Waals surface area (Å²) in [6.45, 7) is 6.15. The second-order valence-electron chi connectivity index (χ2n) is 2.59. The van der Waals surface area contributed by atoms with Crippen molar-refractivity contribution < 1.29 is 4.79 Å². The van der Waals surface area contributed by atoms with Crippen LogP contribution in [0.2, 0.25) is 0 Å². The van der Waals surface area contributed by atoms with Gasteiger partial charge in [0.25, 0.3) is 0 Å². The largest absolute Gasteiger partial charge is 0.298 e. The van der Waals surface area contributed by atoms with Crippen LogP contribution < -0.4 is 0 Å². The van der Waals surface area contributed by atoms with Gasteiger partial charge in [-0.15, -0.1) is 11.3 Å². The van der Waals surface area contributed by atoms with Crippen molar-refractivity contribution in [1.29, 1.82) is 0 Å². The summed E-state index contributed by atoms with van der Waals surface area (Å²) in [5.74, 6) is 0. The molecule has 0 N–H and O–H groups in total. The summed E-state index contributed by atoms with van der Waals surface area (Å²) in [6.07, 6.45) is 1.94. The van der Waals surface area contributed by atoms with Crippen LogP contribution in [0.25, 0.3) is 0 Å². The number of carbonyl (C=O) groups excluding carboxylic acids is 1. The Morgan fingerprint density at radius 3 is 2.45 bits per heavy atom. The summed E-state index contributed by atoms with van der Waals surface area (Å²) < 4.78 is 0. The van der Waals surface area contributed by atoms with Crippen LogP contribution in [-0.4, -0.2) is 6.29 Å². The molecule has 0 radical (unpaired) electrons. The van der Waals surface area contributed by atoms with Crippen molar-refractivity contribution in [3.05, 3.63) is 20.9 Å². The summed E-state index contributed by atoms with van der Waals surface area (Å²) in [5.41, 5.74) is 2.07. The maximum absolute atomic E-state index is 10.6. The Bertz CT molecular complexity index is 273. The van der Waals surface area contributed by atoms with Crippen LogP contribution in [-0.2, 0) is 6.42 Å². The molecule has 0 atom stereocenters. The molecule has 0 aliphatic rings. The lowest BCUT2D eigenvalue weighted by atomic mass is 10.1. The van der Waals surface area contributed by atoms with Crippen molar-refractivity contribution >= 4 is 17.6 Å². The molecule has 1 nitrogen and oxygen atoms in total. The van der Waals surface area contributed by atoms with Crippen LogP contribution in [0.5, 0.6) is 0 Å². The highest BCUT2D eigenvalue weighted by molar-refractivity contribution is 7.12. The van der Waals surface area contributed by atoms with Crippen LogP contribution >= 0.6 is 11.3 Å². The fourth-order valence-electron chi connectivity index (χ4n) is 1.13. The van der Waals surface area contributed by atoms with Crippen molar-refractivity contribution in [3.63, 3.8) is 0 Å². The Kier molecular flexibility index (Phi) is 2.45. The topological polar surface area (TPSA) is 17.1 Å². The Balaban J connectivity index is 3.26. The van der Waals surface area contributed by atoms with E-state index in [1.54, 1.807) is 11.3 Å². The van der Waals surface area contributed by atoms with Crippen molar-refractivity contribution in [2.24, 2.45) is 0 Å². The van der Waals surface area contributed by atoms with Crippen LogP contribution in [0.3, 0.4) is 0 Å². The first-order chi connectivity index (χ1) is 5.20. The summed E-state index contributed by atoms with van der Waals surface area (Å²) in [6, 6.07) is 0. The van der Waals surface area contributed by atoms with Gasteiger partial charge in [-0.2, -0.15) is 0 Å². The Hall–Kier alpha value is -0.630. The second-order valence-corrected chi connectivity index (χ2v) is 3.90. The molecule has 1 heterocycles. The summed E-state index contributed by atoms with van der Waals surface area (Å²) in [5, 5.41) is 0. The number of thiophene rings is 1. The normalized spacial score (nSPS) is 10.1. The molecule has 1 rings (SSSR count). The molecule has 0 fully saturated rings. The Labute approximate surface area is 71.1 Å². The molecule has 1 aromatic rings. The predicted molar refractivity (Wildman–Crippen MR) is 48.6 cm³/mol. The third kappa shape index (κ3) is 1.36. The van der Waals surface area contributed by atoms with Gasteiger partial charge in [-0.1, -0.05) is 6.92 Å². The quantitative estimate of drug-likeness (QED) is 0.620. The van der Waals surface area contributed by atoms with Crippen molar-refractivity contribution in [2.45, 2.75) is 27.2 Å². The Morgan fingerprint density at radius 2 is 2.09 bits per heavy atom. The van der Waals surface area contributed by atoms with E-state index in [1.807, 2.05) is 6.92 Å². The molecule has 0 saturated heterocycles. The molecule has 0 spiro atoms. The van der Waals surface area contributed by atoms with E-state index in [4.69, 9.17) is 0 Å². The first kappa shape index (κ1) is 8.47. The maximum Gasteiger partial charge on any atom is 0.151 e. The van der Waals surface area contributed by atoms with E-state index in [2.05, 4.69) is 13.8 Å². The monoisotopic (exact) mass is 168 g/mol. The van der Waals surface area contributed by atoms with E-state index >= 15 is 0 Å². The van der Waals surface area contributed by atoms with E-state index in [-0.39, 0.29) is 0 Å². The molecule has 0 unspecified atom stereocenters. The van der Waals surface area contributed by atoms with Gasteiger partial charge in [-0.25, -0.2) is 0 Å². The number of hydrogen-bond donors (Lipinski definition) is 0. The second kappa shape index (κ2) is 3.18. The number of rotatable bonds is 2. The van der Waals surface area contributed by atoms with Gasteiger partial charge in [0.1, 0.15) is 0 Å².